The molecule has 1 fully saturated rings. The SMILES string of the molecule is CC(c1nnc(CCCCl)o1)C1CC1. The van der Waals surface area contributed by atoms with Crippen LogP contribution in [-0.2, 0) is 6.42 Å². The van der Waals surface area contributed by atoms with Gasteiger partial charge in [-0.3, -0.25) is 0 Å². The van der Waals surface area contributed by atoms with Gasteiger partial charge in [0.2, 0.25) is 11.8 Å². The molecule has 1 aromatic heterocycles. The largest absolute Gasteiger partial charge is 0.425 e. The molecule has 1 heterocycles. The number of aryl methyl sites for hydroxylation is 1. The van der Waals surface area contributed by atoms with Crippen molar-refractivity contribution in [2.45, 2.75) is 38.5 Å². The van der Waals surface area contributed by atoms with E-state index in [9.17, 15) is 0 Å². The lowest BCUT2D eigenvalue weighted by atomic mass is 10.1. The second-order valence-corrected chi connectivity index (χ2v) is 4.33. The molecular formula is C10H15ClN2O. The summed E-state index contributed by atoms with van der Waals surface area (Å²) in [6.07, 6.45) is 4.32. The predicted molar refractivity (Wildman–Crippen MR) is 54.5 cm³/mol. The van der Waals surface area contributed by atoms with E-state index in [2.05, 4.69) is 17.1 Å². The average molecular weight is 215 g/mol. The van der Waals surface area contributed by atoms with Crippen LogP contribution in [0.5, 0.6) is 0 Å². The molecule has 1 aliphatic carbocycles. The smallest absolute Gasteiger partial charge is 0.219 e. The van der Waals surface area contributed by atoms with E-state index in [1.54, 1.807) is 0 Å². The first-order valence-corrected chi connectivity index (χ1v) is 5.73. The van der Waals surface area contributed by atoms with Crippen LogP contribution in [0.1, 0.15) is 43.9 Å². The van der Waals surface area contributed by atoms with E-state index in [1.165, 1.54) is 12.8 Å². The van der Waals surface area contributed by atoms with E-state index in [4.69, 9.17) is 16.0 Å². The Hall–Kier alpha value is -0.570. The van der Waals surface area contributed by atoms with Crippen LogP contribution in [-0.4, -0.2) is 16.1 Å². The average Bonchev–Trinajstić information content (AvgIpc) is 2.94. The molecule has 1 aromatic rings. The van der Waals surface area contributed by atoms with E-state index in [0.29, 0.717) is 11.8 Å². The number of halogens is 1. The molecule has 0 aliphatic heterocycles. The zero-order valence-electron chi connectivity index (χ0n) is 8.37. The number of hydrogen-bond donors (Lipinski definition) is 0. The van der Waals surface area contributed by atoms with Crippen molar-refractivity contribution in [1.82, 2.24) is 10.2 Å². The maximum absolute atomic E-state index is 5.59. The lowest BCUT2D eigenvalue weighted by Gasteiger charge is -2.01. The van der Waals surface area contributed by atoms with Crippen LogP contribution >= 0.6 is 11.6 Å². The van der Waals surface area contributed by atoms with Crippen molar-refractivity contribution < 1.29 is 4.42 Å². The third-order valence-electron chi connectivity index (χ3n) is 2.73. The van der Waals surface area contributed by atoms with Gasteiger partial charge in [-0.25, -0.2) is 0 Å². The Balaban J connectivity index is 1.94. The van der Waals surface area contributed by atoms with Crippen molar-refractivity contribution in [3.05, 3.63) is 11.8 Å². The molecule has 2 rings (SSSR count). The molecule has 0 amide bonds. The monoisotopic (exact) mass is 214 g/mol. The summed E-state index contributed by atoms with van der Waals surface area (Å²) in [5, 5.41) is 8.08. The van der Waals surface area contributed by atoms with Crippen LogP contribution < -0.4 is 0 Å². The van der Waals surface area contributed by atoms with Crippen molar-refractivity contribution in [2.24, 2.45) is 5.92 Å². The molecule has 78 valence electrons. The molecule has 1 saturated carbocycles. The van der Waals surface area contributed by atoms with Crippen LogP contribution in [0.3, 0.4) is 0 Å². The van der Waals surface area contributed by atoms with Crippen LogP contribution in [0.4, 0.5) is 0 Å². The summed E-state index contributed by atoms with van der Waals surface area (Å²) in [7, 11) is 0. The molecule has 1 aliphatic rings. The van der Waals surface area contributed by atoms with Crippen molar-refractivity contribution in [1.29, 1.82) is 0 Å². The molecular weight excluding hydrogens is 200 g/mol. The van der Waals surface area contributed by atoms with Crippen molar-refractivity contribution >= 4 is 11.6 Å². The Morgan fingerprint density at radius 2 is 2.29 bits per heavy atom. The Morgan fingerprint density at radius 3 is 2.93 bits per heavy atom. The predicted octanol–water partition coefficient (Wildman–Crippen LogP) is 2.75. The molecule has 1 atom stereocenters. The summed E-state index contributed by atoms with van der Waals surface area (Å²) < 4.78 is 5.57. The molecule has 0 saturated heterocycles. The minimum absolute atomic E-state index is 0.437. The molecule has 1 unspecified atom stereocenters. The normalized spacial score (nSPS) is 18.4. The van der Waals surface area contributed by atoms with Gasteiger partial charge in [-0.2, -0.15) is 0 Å². The standard InChI is InChI=1S/C10H15ClN2O/c1-7(8-4-5-8)10-13-12-9(14-10)3-2-6-11/h7-8H,2-6H2,1H3. The number of rotatable bonds is 5. The summed E-state index contributed by atoms with van der Waals surface area (Å²) in [5.74, 6) is 3.39. The van der Waals surface area contributed by atoms with Crippen LogP contribution in [0.25, 0.3) is 0 Å². The summed E-state index contributed by atoms with van der Waals surface area (Å²) in [5.41, 5.74) is 0. The van der Waals surface area contributed by atoms with Gasteiger partial charge in [0.1, 0.15) is 0 Å². The van der Waals surface area contributed by atoms with Crippen LogP contribution in [0.15, 0.2) is 4.42 Å². The molecule has 14 heavy (non-hydrogen) atoms. The van der Waals surface area contributed by atoms with Crippen molar-refractivity contribution in [3.63, 3.8) is 0 Å². The van der Waals surface area contributed by atoms with Crippen molar-refractivity contribution in [2.75, 3.05) is 5.88 Å². The first-order chi connectivity index (χ1) is 6.81. The topological polar surface area (TPSA) is 38.9 Å². The molecule has 0 bridgehead atoms. The highest BCUT2D eigenvalue weighted by Gasteiger charge is 2.32. The second-order valence-electron chi connectivity index (χ2n) is 3.95. The van der Waals surface area contributed by atoms with E-state index in [0.717, 1.165) is 30.5 Å². The van der Waals surface area contributed by atoms with Crippen molar-refractivity contribution in [3.8, 4) is 0 Å². The van der Waals surface area contributed by atoms with Gasteiger partial charge in [0.15, 0.2) is 0 Å². The molecule has 0 aromatic carbocycles. The fraction of sp³-hybridized carbons (Fsp3) is 0.800. The second kappa shape index (κ2) is 4.30. The maximum atomic E-state index is 5.59. The number of aromatic nitrogens is 2. The Morgan fingerprint density at radius 1 is 1.50 bits per heavy atom. The summed E-state index contributed by atoms with van der Waals surface area (Å²) >= 11 is 5.59. The molecule has 0 radical (unpaired) electrons. The Kier molecular flexibility index (Phi) is 3.06. The van der Waals surface area contributed by atoms with E-state index in [1.807, 2.05) is 0 Å². The van der Waals surface area contributed by atoms with Gasteiger partial charge >= 0.3 is 0 Å². The minimum Gasteiger partial charge on any atom is -0.425 e. The first-order valence-electron chi connectivity index (χ1n) is 5.19. The fourth-order valence-electron chi connectivity index (χ4n) is 1.57. The molecule has 4 heteroatoms. The maximum Gasteiger partial charge on any atom is 0.219 e. The third-order valence-corrected chi connectivity index (χ3v) is 2.99. The van der Waals surface area contributed by atoms with Gasteiger partial charge < -0.3 is 4.42 Å². The third kappa shape index (κ3) is 2.27. The van der Waals surface area contributed by atoms with Gasteiger partial charge in [0, 0.05) is 18.2 Å². The van der Waals surface area contributed by atoms with E-state index in [-0.39, 0.29) is 0 Å². The van der Waals surface area contributed by atoms with Gasteiger partial charge in [-0.1, -0.05) is 6.92 Å². The van der Waals surface area contributed by atoms with E-state index >= 15 is 0 Å². The highest BCUT2D eigenvalue weighted by Crippen LogP contribution is 2.41. The molecule has 0 spiro atoms. The zero-order chi connectivity index (χ0) is 9.97. The first kappa shape index (κ1) is 9.97. The Bertz CT molecular complexity index is 296. The summed E-state index contributed by atoms with van der Waals surface area (Å²) in [4.78, 5) is 0. The van der Waals surface area contributed by atoms with Crippen LogP contribution in [0, 0.1) is 5.92 Å². The zero-order valence-corrected chi connectivity index (χ0v) is 9.13. The Labute approximate surface area is 88.9 Å². The molecule has 0 N–H and O–H groups in total. The lowest BCUT2D eigenvalue weighted by molar-refractivity contribution is 0.407. The van der Waals surface area contributed by atoms with E-state index < -0.39 is 0 Å². The minimum atomic E-state index is 0.437. The number of alkyl halides is 1. The highest BCUT2D eigenvalue weighted by molar-refractivity contribution is 6.17. The highest BCUT2D eigenvalue weighted by atomic mass is 35.5. The van der Waals surface area contributed by atoms with Gasteiger partial charge in [0.05, 0.1) is 0 Å². The van der Waals surface area contributed by atoms with Crippen LogP contribution in [0.2, 0.25) is 0 Å². The summed E-state index contributed by atoms with van der Waals surface area (Å²) in [6.45, 7) is 2.16. The van der Waals surface area contributed by atoms with Gasteiger partial charge in [-0.05, 0) is 25.2 Å². The summed E-state index contributed by atoms with van der Waals surface area (Å²) in [6, 6.07) is 0. The van der Waals surface area contributed by atoms with Gasteiger partial charge in [-0.15, -0.1) is 21.8 Å². The number of hydrogen-bond acceptors (Lipinski definition) is 3. The van der Waals surface area contributed by atoms with Gasteiger partial charge in [0.25, 0.3) is 0 Å². The number of nitrogens with zero attached hydrogens (tertiary/aromatic N) is 2. The fourth-order valence-corrected chi connectivity index (χ4v) is 1.70. The lowest BCUT2D eigenvalue weighted by Crippen LogP contribution is -1.95. The quantitative estimate of drug-likeness (QED) is 0.708. The molecule has 3 nitrogen and oxygen atoms in total.